The SMILES string of the molecule is CCOC(=O)N(C(N)=O)C(=O)OC(C)(C)C(N)O. The third kappa shape index (κ3) is 4.18. The first-order valence-corrected chi connectivity index (χ1v) is 5.06. The van der Waals surface area contributed by atoms with Crippen LogP contribution in [0.4, 0.5) is 14.4 Å². The summed E-state index contributed by atoms with van der Waals surface area (Å²) in [6.07, 6.45) is -4.15. The van der Waals surface area contributed by atoms with Crippen molar-refractivity contribution in [1.29, 1.82) is 0 Å². The number of nitrogens with two attached hydrogens (primary N) is 2. The molecule has 0 aromatic carbocycles. The fourth-order valence-corrected chi connectivity index (χ4v) is 0.774. The quantitative estimate of drug-likeness (QED) is 0.593. The van der Waals surface area contributed by atoms with Gasteiger partial charge in [-0.2, -0.15) is 0 Å². The minimum absolute atomic E-state index is 0.0341. The molecule has 104 valence electrons. The molecule has 0 saturated heterocycles. The molecule has 9 heteroatoms. The number of urea groups is 1. The van der Waals surface area contributed by atoms with E-state index >= 15 is 0 Å². The lowest BCUT2D eigenvalue weighted by molar-refractivity contribution is -0.0613. The number of amides is 4. The summed E-state index contributed by atoms with van der Waals surface area (Å²) in [5, 5.41) is 9.14. The Balaban J connectivity index is 4.90. The topological polar surface area (TPSA) is 145 Å². The maximum atomic E-state index is 11.6. The molecule has 4 amide bonds. The van der Waals surface area contributed by atoms with Gasteiger partial charge in [0.25, 0.3) is 0 Å². The zero-order valence-electron chi connectivity index (χ0n) is 10.4. The van der Waals surface area contributed by atoms with E-state index in [2.05, 4.69) is 4.74 Å². The molecule has 0 radical (unpaired) electrons. The van der Waals surface area contributed by atoms with Crippen LogP contribution in [0.15, 0.2) is 0 Å². The summed E-state index contributed by atoms with van der Waals surface area (Å²) in [7, 11) is 0. The summed E-state index contributed by atoms with van der Waals surface area (Å²) < 4.78 is 9.15. The van der Waals surface area contributed by atoms with E-state index in [9.17, 15) is 14.4 Å². The number of ether oxygens (including phenoxy) is 2. The summed E-state index contributed by atoms with van der Waals surface area (Å²) in [5.41, 5.74) is 8.51. The summed E-state index contributed by atoms with van der Waals surface area (Å²) >= 11 is 0. The Morgan fingerprint density at radius 2 is 1.83 bits per heavy atom. The summed E-state index contributed by atoms with van der Waals surface area (Å²) in [6, 6.07) is -1.36. The number of nitrogens with zero attached hydrogens (tertiary/aromatic N) is 1. The smallest absolute Gasteiger partial charge is 0.428 e. The molecule has 1 atom stereocenters. The zero-order valence-corrected chi connectivity index (χ0v) is 10.4. The number of aliphatic hydroxyl groups is 1. The number of primary amides is 1. The number of imide groups is 3. The average Bonchev–Trinajstić information content (AvgIpc) is 2.15. The first-order chi connectivity index (χ1) is 8.13. The first-order valence-electron chi connectivity index (χ1n) is 5.06. The van der Waals surface area contributed by atoms with E-state index in [0.717, 1.165) is 0 Å². The molecule has 0 bridgehead atoms. The Morgan fingerprint density at radius 3 is 2.17 bits per heavy atom. The summed E-state index contributed by atoms with van der Waals surface area (Å²) in [5.74, 6) is 0. The second kappa shape index (κ2) is 6.17. The van der Waals surface area contributed by atoms with Crippen LogP contribution >= 0.6 is 0 Å². The minimum Gasteiger partial charge on any atom is -0.449 e. The molecule has 0 heterocycles. The lowest BCUT2D eigenvalue weighted by Gasteiger charge is -2.29. The standard InChI is InChI=1S/C9H17N3O6/c1-4-17-7(15)12(6(11)14)8(16)18-9(2,3)5(10)13/h5,13H,4,10H2,1-3H3,(H2,11,14). The minimum atomic E-state index is -1.50. The predicted octanol–water partition coefficient (Wildman–Crippen LogP) is -0.284. The van der Waals surface area contributed by atoms with E-state index in [4.69, 9.17) is 21.3 Å². The summed E-state index contributed by atoms with van der Waals surface area (Å²) in [4.78, 5) is 33.8. The Labute approximate surface area is 104 Å². The molecule has 0 aromatic heterocycles. The van der Waals surface area contributed by atoms with E-state index in [0.29, 0.717) is 0 Å². The molecule has 1 unspecified atom stereocenters. The van der Waals surface area contributed by atoms with E-state index in [1.54, 1.807) is 0 Å². The van der Waals surface area contributed by atoms with Crippen LogP contribution in [0.25, 0.3) is 0 Å². The van der Waals surface area contributed by atoms with Crippen LogP contribution in [0, 0.1) is 0 Å². The van der Waals surface area contributed by atoms with Crippen molar-refractivity contribution in [3.63, 3.8) is 0 Å². The van der Waals surface area contributed by atoms with Gasteiger partial charge in [-0.3, -0.25) is 0 Å². The average molecular weight is 263 g/mol. The fraction of sp³-hybridized carbons (Fsp3) is 0.667. The number of carbonyl (C=O) groups excluding carboxylic acids is 3. The van der Waals surface area contributed by atoms with Crippen molar-refractivity contribution in [2.75, 3.05) is 6.61 Å². The van der Waals surface area contributed by atoms with Crippen molar-refractivity contribution >= 4 is 18.2 Å². The predicted molar refractivity (Wildman–Crippen MR) is 59.2 cm³/mol. The van der Waals surface area contributed by atoms with Crippen LogP contribution in [-0.4, -0.2) is 46.7 Å². The lowest BCUT2D eigenvalue weighted by atomic mass is 10.1. The van der Waals surface area contributed by atoms with Crippen LogP contribution in [0.3, 0.4) is 0 Å². The Bertz CT molecular complexity index is 341. The molecule has 0 rings (SSSR count). The second-order valence-corrected chi connectivity index (χ2v) is 3.79. The molecular formula is C9H17N3O6. The molecule has 0 fully saturated rings. The van der Waals surface area contributed by atoms with Crippen molar-refractivity contribution in [2.45, 2.75) is 32.6 Å². The van der Waals surface area contributed by atoms with Crippen molar-refractivity contribution in [3.05, 3.63) is 0 Å². The molecule has 0 aliphatic carbocycles. The Kier molecular flexibility index (Phi) is 5.53. The maximum Gasteiger partial charge on any atom is 0.428 e. The Morgan fingerprint density at radius 1 is 1.33 bits per heavy atom. The van der Waals surface area contributed by atoms with Gasteiger partial charge in [-0.1, -0.05) is 0 Å². The van der Waals surface area contributed by atoms with Gasteiger partial charge in [0.2, 0.25) is 0 Å². The number of aliphatic hydroxyl groups excluding tert-OH is 1. The monoisotopic (exact) mass is 263 g/mol. The van der Waals surface area contributed by atoms with Crippen LogP contribution in [-0.2, 0) is 9.47 Å². The van der Waals surface area contributed by atoms with Crippen molar-refractivity contribution in [1.82, 2.24) is 4.90 Å². The maximum absolute atomic E-state index is 11.6. The van der Waals surface area contributed by atoms with E-state index in [1.165, 1.54) is 20.8 Å². The van der Waals surface area contributed by atoms with Crippen LogP contribution in [0.1, 0.15) is 20.8 Å². The van der Waals surface area contributed by atoms with Gasteiger partial charge in [0.05, 0.1) is 6.61 Å². The third-order valence-electron chi connectivity index (χ3n) is 1.92. The van der Waals surface area contributed by atoms with E-state index in [1.807, 2.05) is 0 Å². The molecule has 0 aliphatic rings. The number of carbonyl (C=O) groups is 3. The molecule has 0 aliphatic heterocycles. The molecule has 0 saturated carbocycles. The normalized spacial score (nSPS) is 12.5. The van der Waals surface area contributed by atoms with E-state index < -0.39 is 30.0 Å². The third-order valence-corrected chi connectivity index (χ3v) is 1.92. The lowest BCUT2D eigenvalue weighted by Crippen LogP contribution is -2.52. The van der Waals surface area contributed by atoms with Gasteiger partial charge < -0.3 is 26.0 Å². The van der Waals surface area contributed by atoms with Crippen molar-refractivity contribution in [2.24, 2.45) is 11.5 Å². The first kappa shape index (κ1) is 16.1. The highest BCUT2D eigenvalue weighted by Gasteiger charge is 2.36. The molecule has 18 heavy (non-hydrogen) atoms. The van der Waals surface area contributed by atoms with Gasteiger partial charge in [-0.15, -0.1) is 4.90 Å². The second-order valence-electron chi connectivity index (χ2n) is 3.79. The van der Waals surface area contributed by atoms with Crippen LogP contribution in [0.2, 0.25) is 0 Å². The van der Waals surface area contributed by atoms with Crippen LogP contribution < -0.4 is 11.5 Å². The highest BCUT2D eigenvalue weighted by Crippen LogP contribution is 2.14. The molecule has 0 spiro atoms. The van der Waals surface area contributed by atoms with Crippen molar-refractivity contribution in [3.8, 4) is 0 Å². The van der Waals surface area contributed by atoms with E-state index in [-0.39, 0.29) is 11.5 Å². The highest BCUT2D eigenvalue weighted by molar-refractivity contribution is 6.05. The zero-order chi connectivity index (χ0) is 14.5. The molecule has 9 nitrogen and oxygen atoms in total. The number of rotatable bonds is 3. The highest BCUT2D eigenvalue weighted by atomic mass is 16.6. The molecule has 5 N–H and O–H groups in total. The van der Waals surface area contributed by atoms with Gasteiger partial charge in [-0.05, 0) is 20.8 Å². The van der Waals surface area contributed by atoms with Crippen molar-refractivity contribution < 1.29 is 29.0 Å². The Hall–Kier alpha value is -1.87. The van der Waals surface area contributed by atoms with Gasteiger partial charge in [0.15, 0.2) is 0 Å². The molecule has 0 aromatic rings. The number of hydrogen-bond acceptors (Lipinski definition) is 7. The van der Waals surface area contributed by atoms with Gasteiger partial charge in [0, 0.05) is 0 Å². The van der Waals surface area contributed by atoms with Gasteiger partial charge in [0.1, 0.15) is 11.8 Å². The van der Waals surface area contributed by atoms with Gasteiger partial charge in [-0.25, -0.2) is 14.4 Å². The fourth-order valence-electron chi connectivity index (χ4n) is 0.774. The number of hydrogen-bond donors (Lipinski definition) is 3. The molecular weight excluding hydrogens is 246 g/mol. The summed E-state index contributed by atoms with van der Waals surface area (Å²) in [6.45, 7) is 4.01. The largest absolute Gasteiger partial charge is 0.449 e. The van der Waals surface area contributed by atoms with Crippen LogP contribution in [0.5, 0.6) is 0 Å². The van der Waals surface area contributed by atoms with Gasteiger partial charge >= 0.3 is 18.2 Å².